The van der Waals surface area contributed by atoms with E-state index < -0.39 is 0 Å². The fraction of sp³-hybridized carbons (Fsp3) is 0.688. The van der Waals surface area contributed by atoms with Gasteiger partial charge in [0.1, 0.15) is 5.82 Å². The number of carbonyl (C=O) groups is 1. The van der Waals surface area contributed by atoms with Gasteiger partial charge in [-0.05, 0) is 37.7 Å². The molecule has 120 valence electrons. The summed E-state index contributed by atoms with van der Waals surface area (Å²) < 4.78 is 5.08. The summed E-state index contributed by atoms with van der Waals surface area (Å²) in [5, 5.41) is 0. The number of ether oxygens (including phenoxy) is 1. The van der Waals surface area contributed by atoms with E-state index in [9.17, 15) is 4.79 Å². The number of anilines is 1. The Morgan fingerprint density at radius 3 is 2.68 bits per heavy atom. The van der Waals surface area contributed by atoms with Crippen LogP contribution in [-0.2, 0) is 4.79 Å². The summed E-state index contributed by atoms with van der Waals surface area (Å²) in [6, 6.07) is 2.32. The smallest absolute Gasteiger partial charge is 0.318 e. The predicted octanol–water partition coefficient (Wildman–Crippen LogP) is 1.71. The first kappa shape index (κ1) is 15.1. The molecule has 3 heterocycles. The Morgan fingerprint density at radius 1 is 1.27 bits per heavy atom. The van der Waals surface area contributed by atoms with Crippen LogP contribution in [0.1, 0.15) is 32.1 Å². The normalized spacial score (nSPS) is 19.5. The zero-order valence-corrected chi connectivity index (χ0v) is 13.2. The maximum atomic E-state index is 12.2. The highest BCUT2D eigenvalue weighted by Gasteiger charge is 2.25. The Kier molecular flexibility index (Phi) is 4.75. The van der Waals surface area contributed by atoms with Crippen LogP contribution >= 0.6 is 0 Å². The molecule has 2 fully saturated rings. The van der Waals surface area contributed by atoms with Gasteiger partial charge in [0.25, 0.3) is 0 Å². The number of hydrogen-bond donors (Lipinski definition) is 0. The van der Waals surface area contributed by atoms with Gasteiger partial charge in [-0.15, -0.1) is 0 Å². The van der Waals surface area contributed by atoms with Crippen LogP contribution in [0.5, 0.6) is 6.01 Å². The highest BCUT2D eigenvalue weighted by Crippen LogP contribution is 2.25. The molecular formula is C16H24N4O2. The minimum Gasteiger partial charge on any atom is -0.467 e. The average Bonchev–Trinajstić information content (AvgIpc) is 3.10. The van der Waals surface area contributed by atoms with Crippen LogP contribution in [0.15, 0.2) is 12.3 Å². The van der Waals surface area contributed by atoms with E-state index in [0.717, 1.165) is 44.8 Å². The molecule has 0 N–H and O–H groups in total. The predicted molar refractivity (Wildman–Crippen MR) is 84.0 cm³/mol. The molecule has 0 bridgehead atoms. The van der Waals surface area contributed by atoms with E-state index in [-0.39, 0.29) is 0 Å². The van der Waals surface area contributed by atoms with Crippen molar-refractivity contribution in [3.63, 3.8) is 0 Å². The molecule has 6 heteroatoms. The summed E-state index contributed by atoms with van der Waals surface area (Å²) in [5.74, 6) is 1.77. The SMILES string of the molecule is COc1nccc(N2CCC(CC(=O)N3CCCC3)CC2)n1. The lowest BCUT2D eigenvalue weighted by atomic mass is 9.93. The fourth-order valence-corrected chi connectivity index (χ4v) is 3.32. The first-order valence-corrected chi connectivity index (χ1v) is 8.16. The summed E-state index contributed by atoms with van der Waals surface area (Å²) in [7, 11) is 1.58. The molecule has 1 aromatic rings. The molecule has 3 rings (SSSR count). The highest BCUT2D eigenvalue weighted by atomic mass is 16.5. The molecule has 1 aromatic heterocycles. The van der Waals surface area contributed by atoms with Crippen LogP contribution in [0.4, 0.5) is 5.82 Å². The molecule has 2 aliphatic rings. The van der Waals surface area contributed by atoms with Crippen molar-refractivity contribution in [1.29, 1.82) is 0 Å². The van der Waals surface area contributed by atoms with Crippen LogP contribution < -0.4 is 9.64 Å². The lowest BCUT2D eigenvalue weighted by Gasteiger charge is -2.33. The Balaban J connectivity index is 1.50. The molecule has 0 unspecified atom stereocenters. The third-order valence-corrected chi connectivity index (χ3v) is 4.66. The number of hydrogen-bond acceptors (Lipinski definition) is 5. The monoisotopic (exact) mass is 304 g/mol. The van der Waals surface area contributed by atoms with Gasteiger partial charge in [-0.2, -0.15) is 4.98 Å². The van der Waals surface area contributed by atoms with Gasteiger partial charge in [-0.3, -0.25) is 4.79 Å². The van der Waals surface area contributed by atoms with Crippen molar-refractivity contribution < 1.29 is 9.53 Å². The van der Waals surface area contributed by atoms with Crippen molar-refractivity contribution in [3.8, 4) is 6.01 Å². The van der Waals surface area contributed by atoms with Crippen molar-refractivity contribution in [2.75, 3.05) is 38.2 Å². The zero-order valence-electron chi connectivity index (χ0n) is 13.2. The summed E-state index contributed by atoms with van der Waals surface area (Å²) in [6.45, 7) is 3.80. The molecule has 0 radical (unpaired) electrons. The molecule has 2 aliphatic heterocycles. The standard InChI is InChI=1S/C16H24N4O2/c1-22-16-17-7-4-14(18-16)19-10-5-13(6-11-19)12-15(21)20-8-2-3-9-20/h4,7,13H,2-3,5-6,8-12H2,1H3. The number of aromatic nitrogens is 2. The van der Waals surface area contributed by atoms with Crippen LogP contribution in [0.3, 0.4) is 0 Å². The third kappa shape index (κ3) is 3.48. The Bertz CT molecular complexity index is 509. The minimum atomic E-state index is 0.347. The van der Waals surface area contributed by atoms with Crippen molar-refractivity contribution >= 4 is 11.7 Å². The van der Waals surface area contributed by atoms with Gasteiger partial charge in [0.2, 0.25) is 5.91 Å². The zero-order chi connectivity index (χ0) is 15.4. The quantitative estimate of drug-likeness (QED) is 0.847. The van der Waals surface area contributed by atoms with Crippen LogP contribution in [0.2, 0.25) is 0 Å². The van der Waals surface area contributed by atoms with E-state index in [0.29, 0.717) is 24.3 Å². The summed E-state index contributed by atoms with van der Waals surface area (Å²) in [4.78, 5) is 24.9. The van der Waals surface area contributed by atoms with Crippen molar-refractivity contribution in [3.05, 3.63) is 12.3 Å². The van der Waals surface area contributed by atoms with Crippen LogP contribution in [-0.4, -0.2) is 54.1 Å². The van der Waals surface area contributed by atoms with Gasteiger partial charge in [-0.1, -0.05) is 0 Å². The van der Waals surface area contributed by atoms with E-state index in [4.69, 9.17) is 4.74 Å². The number of amides is 1. The van der Waals surface area contributed by atoms with Gasteiger partial charge in [0.05, 0.1) is 7.11 Å². The largest absolute Gasteiger partial charge is 0.467 e. The number of rotatable bonds is 4. The number of piperidine rings is 1. The first-order valence-electron chi connectivity index (χ1n) is 8.16. The molecule has 6 nitrogen and oxygen atoms in total. The highest BCUT2D eigenvalue weighted by molar-refractivity contribution is 5.76. The fourth-order valence-electron chi connectivity index (χ4n) is 3.32. The van der Waals surface area contributed by atoms with Crippen molar-refractivity contribution in [1.82, 2.24) is 14.9 Å². The molecule has 0 atom stereocenters. The molecule has 22 heavy (non-hydrogen) atoms. The second-order valence-electron chi connectivity index (χ2n) is 6.12. The van der Waals surface area contributed by atoms with Gasteiger partial charge < -0.3 is 14.5 Å². The number of likely N-dealkylation sites (tertiary alicyclic amines) is 1. The van der Waals surface area contributed by atoms with E-state index in [1.54, 1.807) is 13.3 Å². The van der Waals surface area contributed by atoms with E-state index in [2.05, 4.69) is 14.9 Å². The van der Waals surface area contributed by atoms with Gasteiger partial charge in [0, 0.05) is 38.8 Å². The van der Waals surface area contributed by atoms with Crippen LogP contribution in [0.25, 0.3) is 0 Å². The maximum absolute atomic E-state index is 12.2. The summed E-state index contributed by atoms with van der Waals surface area (Å²) >= 11 is 0. The second-order valence-corrected chi connectivity index (χ2v) is 6.12. The van der Waals surface area contributed by atoms with E-state index in [1.165, 1.54) is 12.8 Å². The third-order valence-electron chi connectivity index (χ3n) is 4.66. The lowest BCUT2D eigenvalue weighted by Crippen LogP contribution is -2.37. The number of methoxy groups -OCH3 is 1. The molecule has 1 amide bonds. The Hall–Kier alpha value is -1.85. The maximum Gasteiger partial charge on any atom is 0.318 e. The average molecular weight is 304 g/mol. The van der Waals surface area contributed by atoms with E-state index in [1.807, 2.05) is 11.0 Å². The van der Waals surface area contributed by atoms with Gasteiger partial charge >= 0.3 is 6.01 Å². The number of nitrogens with zero attached hydrogens (tertiary/aromatic N) is 4. The van der Waals surface area contributed by atoms with Gasteiger partial charge in [-0.25, -0.2) is 4.98 Å². The van der Waals surface area contributed by atoms with Gasteiger partial charge in [0.15, 0.2) is 0 Å². The van der Waals surface area contributed by atoms with Crippen molar-refractivity contribution in [2.24, 2.45) is 5.92 Å². The Labute approximate surface area is 131 Å². The second kappa shape index (κ2) is 6.94. The molecule has 0 aliphatic carbocycles. The molecule has 0 saturated carbocycles. The summed E-state index contributed by atoms with van der Waals surface area (Å²) in [6.07, 6.45) is 6.86. The van der Waals surface area contributed by atoms with Crippen LogP contribution in [0, 0.1) is 5.92 Å². The molecule has 0 aromatic carbocycles. The Morgan fingerprint density at radius 2 is 2.00 bits per heavy atom. The number of carbonyl (C=O) groups excluding carboxylic acids is 1. The lowest BCUT2D eigenvalue weighted by molar-refractivity contribution is -0.131. The molecule has 2 saturated heterocycles. The van der Waals surface area contributed by atoms with E-state index >= 15 is 0 Å². The first-order chi connectivity index (χ1) is 10.8. The molecular weight excluding hydrogens is 280 g/mol. The summed E-state index contributed by atoms with van der Waals surface area (Å²) in [5.41, 5.74) is 0. The van der Waals surface area contributed by atoms with Crippen molar-refractivity contribution in [2.45, 2.75) is 32.1 Å². The topological polar surface area (TPSA) is 58.6 Å². The molecule has 0 spiro atoms. The minimum absolute atomic E-state index is 0.347.